The van der Waals surface area contributed by atoms with Gasteiger partial charge < -0.3 is 9.84 Å². The fourth-order valence-electron chi connectivity index (χ4n) is 2.94. The van der Waals surface area contributed by atoms with E-state index in [0.29, 0.717) is 38.8 Å². The topological polar surface area (TPSA) is 79.2 Å². The zero-order valence-electron chi connectivity index (χ0n) is 13.8. The molecular formula is C17H19ClN4O2S. The summed E-state index contributed by atoms with van der Waals surface area (Å²) >= 11 is 11.4. The first-order chi connectivity index (χ1) is 12.1. The van der Waals surface area contributed by atoms with Gasteiger partial charge in [0.1, 0.15) is 17.0 Å². The van der Waals surface area contributed by atoms with E-state index in [4.69, 9.17) is 28.3 Å². The molecule has 1 amide bonds. The van der Waals surface area contributed by atoms with Gasteiger partial charge in [0.15, 0.2) is 5.11 Å². The summed E-state index contributed by atoms with van der Waals surface area (Å²) in [7, 11) is 0. The van der Waals surface area contributed by atoms with Crippen molar-refractivity contribution in [2.24, 2.45) is 0 Å². The number of rotatable bonds is 3. The van der Waals surface area contributed by atoms with Gasteiger partial charge in [-0.1, -0.05) is 47.8 Å². The molecule has 132 valence electrons. The Bertz CT molecular complexity index is 787. The van der Waals surface area contributed by atoms with Crippen LogP contribution in [0, 0.1) is 6.92 Å². The highest BCUT2D eigenvalue weighted by molar-refractivity contribution is 7.80. The van der Waals surface area contributed by atoms with Crippen LogP contribution in [0.3, 0.4) is 0 Å². The number of hydrogen-bond donors (Lipinski definition) is 3. The first kappa shape index (κ1) is 17.7. The van der Waals surface area contributed by atoms with Gasteiger partial charge in [-0.15, -0.1) is 0 Å². The normalized spacial score (nSPS) is 14.3. The van der Waals surface area contributed by atoms with Gasteiger partial charge in [-0.3, -0.25) is 15.6 Å². The van der Waals surface area contributed by atoms with Crippen molar-refractivity contribution >= 4 is 34.8 Å². The first-order valence-electron chi connectivity index (χ1n) is 8.14. The van der Waals surface area contributed by atoms with Gasteiger partial charge in [0, 0.05) is 11.6 Å². The number of nitrogens with one attached hydrogen (secondary N) is 3. The minimum atomic E-state index is -0.385. The van der Waals surface area contributed by atoms with Crippen molar-refractivity contribution in [1.82, 2.24) is 21.3 Å². The molecule has 3 N–H and O–H groups in total. The van der Waals surface area contributed by atoms with Crippen molar-refractivity contribution in [3.8, 4) is 11.3 Å². The maximum atomic E-state index is 12.6. The number of halogens is 1. The Kier molecular flexibility index (Phi) is 5.55. The number of hydrazine groups is 1. The van der Waals surface area contributed by atoms with Crippen LogP contribution in [0.2, 0.25) is 5.02 Å². The van der Waals surface area contributed by atoms with Crippen LogP contribution in [0.15, 0.2) is 28.8 Å². The Hall–Kier alpha value is -2.12. The molecule has 0 radical (unpaired) electrons. The summed E-state index contributed by atoms with van der Waals surface area (Å²) in [6.07, 6.45) is 4.59. The molecule has 0 saturated heterocycles. The maximum Gasteiger partial charge on any atom is 0.275 e. The molecule has 6 nitrogen and oxygen atoms in total. The van der Waals surface area contributed by atoms with Gasteiger partial charge in [-0.2, -0.15) is 0 Å². The van der Waals surface area contributed by atoms with E-state index in [9.17, 15) is 4.79 Å². The van der Waals surface area contributed by atoms with E-state index in [-0.39, 0.29) is 5.91 Å². The third-order valence-corrected chi connectivity index (χ3v) is 4.75. The average molecular weight is 379 g/mol. The summed E-state index contributed by atoms with van der Waals surface area (Å²) in [5.41, 5.74) is 6.69. The summed E-state index contributed by atoms with van der Waals surface area (Å²) in [6.45, 7) is 1.68. The monoisotopic (exact) mass is 378 g/mol. The van der Waals surface area contributed by atoms with E-state index < -0.39 is 0 Å². The number of nitrogens with zero attached hydrogens (tertiary/aromatic N) is 1. The molecule has 8 heteroatoms. The average Bonchev–Trinajstić information content (AvgIpc) is 3.23. The van der Waals surface area contributed by atoms with Crippen LogP contribution in [0.4, 0.5) is 0 Å². The summed E-state index contributed by atoms with van der Waals surface area (Å²) in [5.74, 6) is 0.0214. The van der Waals surface area contributed by atoms with Crippen molar-refractivity contribution in [2.75, 3.05) is 0 Å². The summed E-state index contributed by atoms with van der Waals surface area (Å²) < 4.78 is 5.19. The zero-order chi connectivity index (χ0) is 17.8. The predicted octanol–water partition coefficient (Wildman–Crippen LogP) is 3.35. The first-order valence-corrected chi connectivity index (χ1v) is 8.93. The fraction of sp³-hybridized carbons (Fsp3) is 0.353. The molecule has 0 unspecified atom stereocenters. The number of carbonyl (C=O) groups excluding carboxylic acids is 1. The van der Waals surface area contributed by atoms with Crippen LogP contribution in [0.1, 0.15) is 41.8 Å². The van der Waals surface area contributed by atoms with Crippen LogP contribution < -0.4 is 16.2 Å². The largest absolute Gasteiger partial charge is 0.360 e. The lowest BCUT2D eigenvalue weighted by Gasteiger charge is -2.16. The highest BCUT2D eigenvalue weighted by atomic mass is 35.5. The summed E-state index contributed by atoms with van der Waals surface area (Å²) in [5, 5.41) is 8.07. The van der Waals surface area contributed by atoms with Crippen LogP contribution >= 0.6 is 23.8 Å². The Labute approximate surface area is 156 Å². The van der Waals surface area contributed by atoms with E-state index in [1.807, 2.05) is 12.1 Å². The highest BCUT2D eigenvalue weighted by Crippen LogP contribution is 2.30. The molecule has 3 rings (SSSR count). The molecular weight excluding hydrogens is 360 g/mol. The molecule has 1 aromatic carbocycles. The quantitative estimate of drug-likeness (QED) is 0.561. The Morgan fingerprint density at radius 2 is 2.00 bits per heavy atom. The SMILES string of the molecule is Cc1onc(-c2ccccc2Cl)c1C(=O)NNC(=S)NC1CCCC1. The lowest BCUT2D eigenvalue weighted by atomic mass is 10.1. The molecule has 0 atom stereocenters. The van der Waals surface area contributed by atoms with Gasteiger partial charge in [0.05, 0.1) is 5.02 Å². The molecule has 1 fully saturated rings. The molecule has 1 aliphatic rings. The van der Waals surface area contributed by atoms with Crippen molar-refractivity contribution < 1.29 is 9.32 Å². The van der Waals surface area contributed by atoms with E-state index in [2.05, 4.69) is 21.3 Å². The second kappa shape index (κ2) is 7.84. The smallest absolute Gasteiger partial charge is 0.275 e. The van der Waals surface area contributed by atoms with Crippen molar-refractivity contribution in [1.29, 1.82) is 0 Å². The van der Waals surface area contributed by atoms with Crippen LogP contribution in [-0.4, -0.2) is 22.2 Å². The lowest BCUT2D eigenvalue weighted by Crippen LogP contribution is -2.49. The third-order valence-electron chi connectivity index (χ3n) is 4.20. The maximum absolute atomic E-state index is 12.6. The zero-order valence-corrected chi connectivity index (χ0v) is 15.3. The predicted molar refractivity (Wildman–Crippen MR) is 100 cm³/mol. The molecule has 0 bridgehead atoms. The van der Waals surface area contributed by atoms with Crippen LogP contribution in [0.25, 0.3) is 11.3 Å². The minimum absolute atomic E-state index is 0.323. The van der Waals surface area contributed by atoms with Gasteiger partial charge in [-0.25, -0.2) is 0 Å². The second-order valence-corrected chi connectivity index (χ2v) is 6.79. The number of carbonyl (C=O) groups is 1. The van der Waals surface area contributed by atoms with Gasteiger partial charge in [0.25, 0.3) is 5.91 Å². The van der Waals surface area contributed by atoms with E-state index in [1.54, 1.807) is 19.1 Å². The Morgan fingerprint density at radius 1 is 1.28 bits per heavy atom. The van der Waals surface area contributed by atoms with Gasteiger partial charge in [-0.05, 0) is 38.0 Å². The van der Waals surface area contributed by atoms with E-state index in [1.165, 1.54) is 12.8 Å². The Morgan fingerprint density at radius 3 is 2.72 bits per heavy atom. The number of aryl methyl sites for hydroxylation is 1. The molecule has 0 aliphatic heterocycles. The van der Waals surface area contributed by atoms with Crippen molar-refractivity contribution in [3.63, 3.8) is 0 Å². The highest BCUT2D eigenvalue weighted by Gasteiger charge is 2.23. The molecule has 1 saturated carbocycles. The Balaban J connectivity index is 1.69. The molecule has 1 aliphatic carbocycles. The molecule has 25 heavy (non-hydrogen) atoms. The van der Waals surface area contributed by atoms with E-state index >= 15 is 0 Å². The van der Waals surface area contributed by atoms with Crippen LogP contribution in [0.5, 0.6) is 0 Å². The van der Waals surface area contributed by atoms with Gasteiger partial charge >= 0.3 is 0 Å². The molecule has 1 heterocycles. The number of thiocarbonyl (C=S) groups is 1. The van der Waals surface area contributed by atoms with Gasteiger partial charge in [0.2, 0.25) is 0 Å². The van der Waals surface area contributed by atoms with Crippen molar-refractivity contribution in [2.45, 2.75) is 38.6 Å². The number of benzene rings is 1. The third kappa shape index (κ3) is 4.11. The summed E-state index contributed by atoms with van der Waals surface area (Å²) in [4.78, 5) is 12.6. The van der Waals surface area contributed by atoms with E-state index in [0.717, 1.165) is 12.8 Å². The number of hydrogen-bond acceptors (Lipinski definition) is 4. The summed E-state index contributed by atoms with van der Waals surface area (Å²) in [6, 6.07) is 7.53. The standard InChI is InChI=1S/C17H19ClN4O2S/c1-10-14(15(22-24-10)12-8-4-5-9-13(12)18)16(23)20-21-17(25)19-11-6-2-3-7-11/h4-5,8-9,11H,2-3,6-7H2,1H3,(H,20,23)(H2,19,21,25). The van der Waals surface area contributed by atoms with Crippen LogP contribution in [-0.2, 0) is 0 Å². The number of aromatic nitrogens is 1. The van der Waals surface area contributed by atoms with Crippen molar-refractivity contribution in [3.05, 3.63) is 40.6 Å². The molecule has 1 aromatic heterocycles. The minimum Gasteiger partial charge on any atom is -0.360 e. The molecule has 2 aromatic rings. The molecule has 0 spiro atoms. The lowest BCUT2D eigenvalue weighted by molar-refractivity contribution is 0.0942. The number of amides is 1. The second-order valence-electron chi connectivity index (χ2n) is 5.98. The fourth-order valence-corrected chi connectivity index (χ4v) is 3.39.